The summed E-state index contributed by atoms with van der Waals surface area (Å²) < 4.78 is 5.84. The largest absolute Gasteiger partial charge is 0.490 e. The molecule has 0 heterocycles. The van der Waals surface area contributed by atoms with E-state index in [-0.39, 0.29) is 29.3 Å². The third kappa shape index (κ3) is 4.47. The van der Waals surface area contributed by atoms with Gasteiger partial charge in [0.05, 0.1) is 5.92 Å². The van der Waals surface area contributed by atoms with Gasteiger partial charge in [0.15, 0.2) is 5.78 Å². The predicted octanol–water partition coefficient (Wildman–Crippen LogP) is 3.60. The molecule has 2 aromatic carbocycles. The van der Waals surface area contributed by atoms with Crippen LogP contribution in [-0.4, -0.2) is 23.3 Å². The molecule has 1 amide bonds. The molecule has 2 aromatic rings. The topological polar surface area (TPSA) is 55.4 Å². The first-order valence-electron chi connectivity index (χ1n) is 8.52. The minimum absolute atomic E-state index is 0.0130. The molecule has 3 rings (SSSR count). The van der Waals surface area contributed by atoms with Gasteiger partial charge in [-0.15, -0.1) is 0 Å². The van der Waals surface area contributed by atoms with E-state index in [0.29, 0.717) is 16.9 Å². The molecule has 4 nitrogen and oxygen atoms in total. The Kier molecular flexibility index (Phi) is 4.62. The first-order valence-corrected chi connectivity index (χ1v) is 8.52. The van der Waals surface area contributed by atoms with Crippen LogP contribution < -0.4 is 10.1 Å². The molecule has 0 saturated heterocycles. The van der Waals surface area contributed by atoms with Crippen LogP contribution in [0.1, 0.15) is 43.1 Å². The molecular weight excluding hydrogens is 314 g/mol. The Hall–Kier alpha value is -2.62. The van der Waals surface area contributed by atoms with Gasteiger partial charge >= 0.3 is 0 Å². The number of hydrogen-bond acceptors (Lipinski definition) is 3. The maximum atomic E-state index is 12.4. The zero-order chi connectivity index (χ0) is 18.0. The van der Waals surface area contributed by atoms with E-state index in [1.165, 1.54) is 0 Å². The Bertz CT molecular complexity index is 760. The normalized spacial score (nSPS) is 19.2. The number of carbonyl (C=O) groups excluding carboxylic acids is 2. The van der Waals surface area contributed by atoms with Gasteiger partial charge in [0.1, 0.15) is 11.9 Å². The van der Waals surface area contributed by atoms with Crippen molar-refractivity contribution in [2.45, 2.75) is 38.8 Å². The van der Waals surface area contributed by atoms with Crippen molar-refractivity contribution < 1.29 is 14.3 Å². The van der Waals surface area contributed by atoms with Crippen LogP contribution in [0.2, 0.25) is 0 Å². The summed E-state index contributed by atoms with van der Waals surface area (Å²) in [4.78, 5) is 24.5. The Labute approximate surface area is 148 Å². The van der Waals surface area contributed by atoms with Gasteiger partial charge in [-0.1, -0.05) is 30.3 Å². The molecule has 1 aliphatic rings. The van der Waals surface area contributed by atoms with Crippen molar-refractivity contribution in [2.75, 3.05) is 0 Å². The van der Waals surface area contributed by atoms with Crippen LogP contribution >= 0.6 is 0 Å². The monoisotopic (exact) mass is 337 g/mol. The van der Waals surface area contributed by atoms with E-state index in [4.69, 9.17) is 4.74 Å². The van der Waals surface area contributed by atoms with Gasteiger partial charge in [0.25, 0.3) is 0 Å². The highest BCUT2D eigenvalue weighted by atomic mass is 16.5. The Morgan fingerprint density at radius 3 is 2.16 bits per heavy atom. The van der Waals surface area contributed by atoms with Crippen molar-refractivity contribution in [3.8, 4) is 5.75 Å². The number of rotatable bonds is 5. The summed E-state index contributed by atoms with van der Waals surface area (Å²) >= 11 is 0. The van der Waals surface area contributed by atoms with E-state index in [0.717, 1.165) is 6.42 Å². The third-order valence-electron chi connectivity index (χ3n) is 4.01. The summed E-state index contributed by atoms with van der Waals surface area (Å²) in [6.07, 6.45) is 0.644. The van der Waals surface area contributed by atoms with Gasteiger partial charge in [-0.05, 0) is 45.0 Å². The van der Waals surface area contributed by atoms with Crippen molar-refractivity contribution in [1.29, 1.82) is 0 Å². The van der Waals surface area contributed by atoms with Crippen molar-refractivity contribution in [2.24, 2.45) is 5.92 Å². The average molecular weight is 337 g/mol. The lowest BCUT2D eigenvalue weighted by molar-refractivity contribution is -0.124. The smallest absolute Gasteiger partial charge is 0.227 e. The molecule has 4 heteroatoms. The van der Waals surface area contributed by atoms with Crippen molar-refractivity contribution >= 4 is 11.7 Å². The van der Waals surface area contributed by atoms with Crippen LogP contribution in [0.3, 0.4) is 0 Å². The molecule has 0 unspecified atom stereocenters. The lowest BCUT2D eigenvalue weighted by atomic mass is 10.0. The first kappa shape index (κ1) is 17.2. The Morgan fingerprint density at radius 1 is 0.960 bits per heavy atom. The Balaban J connectivity index is 1.57. The fourth-order valence-corrected chi connectivity index (χ4v) is 2.66. The van der Waals surface area contributed by atoms with Crippen molar-refractivity contribution in [3.05, 3.63) is 65.7 Å². The molecule has 1 saturated carbocycles. The highest BCUT2D eigenvalue weighted by molar-refractivity contribution is 6.08. The van der Waals surface area contributed by atoms with Gasteiger partial charge in [-0.3, -0.25) is 9.59 Å². The lowest BCUT2D eigenvalue weighted by Gasteiger charge is -2.20. The minimum Gasteiger partial charge on any atom is -0.490 e. The number of benzene rings is 2. The number of amides is 1. The highest BCUT2D eigenvalue weighted by Crippen LogP contribution is 2.35. The van der Waals surface area contributed by atoms with E-state index in [1.807, 2.05) is 39.0 Å². The molecule has 0 bridgehead atoms. The van der Waals surface area contributed by atoms with Crippen LogP contribution in [0.25, 0.3) is 0 Å². The molecule has 0 aromatic heterocycles. The predicted molar refractivity (Wildman–Crippen MR) is 96.7 cm³/mol. The molecule has 0 aliphatic heterocycles. The summed E-state index contributed by atoms with van der Waals surface area (Å²) in [5.74, 6) is 0.611. The fourth-order valence-electron chi connectivity index (χ4n) is 2.66. The van der Waals surface area contributed by atoms with Gasteiger partial charge in [0, 0.05) is 23.1 Å². The summed E-state index contributed by atoms with van der Waals surface area (Å²) in [7, 11) is 0. The molecule has 1 N–H and O–H groups in total. The van der Waals surface area contributed by atoms with E-state index >= 15 is 0 Å². The van der Waals surface area contributed by atoms with Crippen LogP contribution in [0, 0.1) is 5.92 Å². The second-order valence-electron chi connectivity index (χ2n) is 7.46. The molecule has 2 atom stereocenters. The number of carbonyl (C=O) groups is 2. The summed E-state index contributed by atoms with van der Waals surface area (Å²) in [6.45, 7) is 5.89. The van der Waals surface area contributed by atoms with Gasteiger partial charge < -0.3 is 10.1 Å². The Morgan fingerprint density at radius 2 is 1.56 bits per heavy atom. The van der Waals surface area contributed by atoms with Crippen LogP contribution in [0.15, 0.2) is 54.6 Å². The average Bonchev–Trinajstić information content (AvgIpc) is 3.34. The summed E-state index contributed by atoms with van der Waals surface area (Å²) in [6, 6.07) is 16.3. The molecule has 1 fully saturated rings. The number of nitrogens with one attached hydrogen (secondary N) is 1. The highest BCUT2D eigenvalue weighted by Gasteiger charge is 2.46. The van der Waals surface area contributed by atoms with Gasteiger partial charge in [0.2, 0.25) is 5.91 Å². The van der Waals surface area contributed by atoms with Gasteiger partial charge in [-0.25, -0.2) is 0 Å². The molecular formula is C21H23NO3. The molecule has 130 valence electrons. The number of ketones is 1. The second-order valence-corrected chi connectivity index (χ2v) is 7.46. The first-order chi connectivity index (χ1) is 11.8. The van der Waals surface area contributed by atoms with Crippen LogP contribution in [0.5, 0.6) is 5.75 Å². The molecule has 25 heavy (non-hydrogen) atoms. The standard InChI is InChI=1S/C21H23NO3/c1-21(2,3)22-20(24)17-13-18(17)25-16-11-9-15(10-12-16)19(23)14-7-5-4-6-8-14/h4-12,17-18H,13H2,1-3H3,(H,22,24)/t17-,18-/m0/s1. The summed E-state index contributed by atoms with van der Waals surface area (Å²) in [5.41, 5.74) is 1.05. The zero-order valence-electron chi connectivity index (χ0n) is 14.8. The number of ether oxygens (including phenoxy) is 1. The van der Waals surface area contributed by atoms with E-state index < -0.39 is 0 Å². The second kappa shape index (κ2) is 6.71. The van der Waals surface area contributed by atoms with Crippen molar-refractivity contribution in [3.63, 3.8) is 0 Å². The van der Waals surface area contributed by atoms with E-state index in [1.54, 1.807) is 36.4 Å². The fraction of sp³-hybridized carbons (Fsp3) is 0.333. The zero-order valence-corrected chi connectivity index (χ0v) is 14.8. The van der Waals surface area contributed by atoms with Crippen molar-refractivity contribution in [1.82, 2.24) is 5.32 Å². The maximum absolute atomic E-state index is 12.4. The van der Waals surface area contributed by atoms with E-state index in [9.17, 15) is 9.59 Å². The quantitative estimate of drug-likeness (QED) is 0.848. The lowest BCUT2D eigenvalue weighted by Crippen LogP contribution is -2.42. The molecule has 0 spiro atoms. The van der Waals surface area contributed by atoms with Crippen LogP contribution in [-0.2, 0) is 4.79 Å². The SMILES string of the molecule is CC(C)(C)NC(=O)[C@H]1C[C@@H]1Oc1ccc(C(=O)c2ccccc2)cc1. The van der Waals surface area contributed by atoms with E-state index in [2.05, 4.69) is 5.32 Å². The van der Waals surface area contributed by atoms with Crippen LogP contribution in [0.4, 0.5) is 0 Å². The molecule has 1 aliphatic carbocycles. The molecule has 0 radical (unpaired) electrons. The van der Waals surface area contributed by atoms with Gasteiger partial charge in [-0.2, -0.15) is 0 Å². The summed E-state index contributed by atoms with van der Waals surface area (Å²) in [5, 5.41) is 2.98. The maximum Gasteiger partial charge on any atom is 0.227 e. The minimum atomic E-state index is -0.232. The number of hydrogen-bond donors (Lipinski definition) is 1. The third-order valence-corrected chi connectivity index (χ3v) is 4.01.